The first-order valence-electron chi connectivity index (χ1n) is 10.5. The van der Waals surface area contributed by atoms with Crippen molar-refractivity contribution in [3.8, 4) is 0 Å². The summed E-state index contributed by atoms with van der Waals surface area (Å²) in [6.07, 6.45) is 2.67. The molecule has 3 heterocycles. The Morgan fingerprint density at radius 1 is 1.28 bits per heavy atom. The lowest BCUT2D eigenvalue weighted by atomic mass is 10.2. The molecule has 1 aliphatic heterocycles. The van der Waals surface area contributed by atoms with Gasteiger partial charge < -0.3 is 19.9 Å². The molecule has 0 aliphatic carbocycles. The summed E-state index contributed by atoms with van der Waals surface area (Å²) in [4.78, 5) is 10.1. The number of nitrogens with one attached hydrogen (secondary N) is 2. The van der Waals surface area contributed by atoms with E-state index in [9.17, 15) is 0 Å². The molecule has 1 unspecified atom stereocenters. The summed E-state index contributed by atoms with van der Waals surface area (Å²) in [6.45, 7) is 13.0. The summed E-state index contributed by atoms with van der Waals surface area (Å²) in [5.74, 6) is 1.86. The third-order valence-corrected chi connectivity index (χ3v) is 6.10. The molecule has 1 fully saturated rings. The van der Waals surface area contributed by atoms with Gasteiger partial charge >= 0.3 is 0 Å². The van der Waals surface area contributed by atoms with Crippen molar-refractivity contribution in [3.63, 3.8) is 0 Å². The van der Waals surface area contributed by atoms with E-state index in [1.165, 1.54) is 9.75 Å². The molecular weight excluding hydrogens is 386 g/mol. The molecule has 0 bridgehead atoms. The third-order valence-electron chi connectivity index (χ3n) is 5.00. The molecule has 0 amide bonds. The fraction of sp³-hybridized carbons (Fsp3) is 0.650. The van der Waals surface area contributed by atoms with Crippen molar-refractivity contribution >= 4 is 17.3 Å². The van der Waals surface area contributed by atoms with Crippen molar-refractivity contribution in [2.24, 2.45) is 4.99 Å². The van der Waals surface area contributed by atoms with Crippen molar-refractivity contribution in [2.45, 2.75) is 39.8 Å². The van der Waals surface area contributed by atoms with Crippen LogP contribution in [0.15, 0.2) is 23.5 Å². The van der Waals surface area contributed by atoms with E-state index in [2.05, 4.69) is 63.2 Å². The zero-order valence-corrected chi connectivity index (χ0v) is 18.5. The van der Waals surface area contributed by atoms with Crippen LogP contribution in [-0.4, -0.2) is 71.6 Å². The van der Waals surface area contributed by atoms with Gasteiger partial charge in [-0.2, -0.15) is 0 Å². The normalized spacial score (nSPS) is 16.7. The maximum absolute atomic E-state index is 5.55. The van der Waals surface area contributed by atoms with E-state index < -0.39 is 0 Å². The lowest BCUT2D eigenvalue weighted by molar-refractivity contribution is 0.0186. The number of guanidine groups is 1. The topological polar surface area (TPSA) is 79.6 Å². The lowest BCUT2D eigenvalue weighted by Gasteiger charge is -2.33. The Morgan fingerprint density at radius 3 is 2.79 bits per heavy atom. The fourth-order valence-electron chi connectivity index (χ4n) is 3.46. The second kappa shape index (κ2) is 11.3. The molecule has 160 valence electrons. The zero-order valence-electron chi connectivity index (χ0n) is 17.7. The third kappa shape index (κ3) is 6.25. The minimum absolute atomic E-state index is 0.289. The number of rotatable bonds is 9. The Labute approximate surface area is 177 Å². The van der Waals surface area contributed by atoms with E-state index in [-0.39, 0.29) is 6.04 Å². The number of aliphatic imine (C=N–C) groups is 1. The smallest absolute Gasteiger partial charge is 0.191 e. The van der Waals surface area contributed by atoms with Crippen molar-refractivity contribution in [2.75, 3.05) is 45.9 Å². The van der Waals surface area contributed by atoms with Crippen LogP contribution in [0.5, 0.6) is 0 Å². The molecule has 0 spiro atoms. The monoisotopic (exact) mass is 419 g/mol. The highest BCUT2D eigenvalue weighted by atomic mass is 32.1. The van der Waals surface area contributed by atoms with Crippen LogP contribution < -0.4 is 10.6 Å². The summed E-state index contributed by atoms with van der Waals surface area (Å²) < 4.78 is 7.64. The van der Waals surface area contributed by atoms with E-state index in [0.717, 1.165) is 70.7 Å². The Morgan fingerprint density at radius 2 is 2.10 bits per heavy atom. The van der Waals surface area contributed by atoms with E-state index in [1.54, 1.807) is 6.33 Å². The number of hydrogen-bond donors (Lipinski definition) is 2. The average molecular weight is 420 g/mol. The molecule has 0 aromatic carbocycles. The van der Waals surface area contributed by atoms with Crippen molar-refractivity contribution in [1.29, 1.82) is 0 Å². The molecule has 2 aromatic rings. The Hall–Kier alpha value is -1.97. The Kier molecular flexibility index (Phi) is 8.45. The van der Waals surface area contributed by atoms with Gasteiger partial charge in [0.05, 0.1) is 25.8 Å². The molecule has 0 saturated carbocycles. The maximum Gasteiger partial charge on any atom is 0.191 e. The molecule has 1 saturated heterocycles. The number of thiophene rings is 1. The van der Waals surface area contributed by atoms with Crippen LogP contribution in [0.25, 0.3) is 0 Å². The van der Waals surface area contributed by atoms with Crippen LogP contribution in [0, 0.1) is 6.92 Å². The molecule has 8 nitrogen and oxygen atoms in total. The fourth-order valence-corrected chi connectivity index (χ4v) is 4.46. The first kappa shape index (κ1) is 21.7. The molecule has 3 rings (SSSR count). The van der Waals surface area contributed by atoms with Crippen molar-refractivity contribution in [3.05, 3.63) is 34.0 Å². The maximum atomic E-state index is 5.55. The number of nitrogens with zero attached hydrogens (tertiary/aromatic N) is 5. The minimum Gasteiger partial charge on any atom is -0.379 e. The minimum atomic E-state index is 0.289. The lowest BCUT2D eigenvalue weighted by Crippen LogP contribution is -2.42. The number of morpholine rings is 1. The SMILES string of the molecule is CCNC(=NCC(c1ccc(C)s1)N1CCOCC1)NCCn1cnnc1CC. The van der Waals surface area contributed by atoms with Gasteiger partial charge in [0.25, 0.3) is 0 Å². The van der Waals surface area contributed by atoms with Crippen LogP contribution in [0.4, 0.5) is 0 Å². The Bertz CT molecular complexity index is 766. The molecule has 2 aromatic heterocycles. The first-order chi connectivity index (χ1) is 14.2. The van der Waals surface area contributed by atoms with Crippen LogP contribution in [0.3, 0.4) is 0 Å². The predicted octanol–water partition coefficient (Wildman–Crippen LogP) is 1.84. The van der Waals surface area contributed by atoms with Gasteiger partial charge in [-0.05, 0) is 26.0 Å². The highest BCUT2D eigenvalue weighted by Gasteiger charge is 2.23. The predicted molar refractivity (Wildman–Crippen MR) is 118 cm³/mol. The van der Waals surface area contributed by atoms with E-state index in [0.29, 0.717) is 0 Å². The van der Waals surface area contributed by atoms with Crippen molar-refractivity contribution in [1.82, 2.24) is 30.3 Å². The van der Waals surface area contributed by atoms with Gasteiger partial charge in [0.15, 0.2) is 5.96 Å². The summed E-state index contributed by atoms with van der Waals surface area (Å²) in [5, 5.41) is 15.0. The quantitative estimate of drug-likeness (QED) is 0.477. The number of hydrogen-bond acceptors (Lipinski definition) is 6. The van der Waals surface area contributed by atoms with E-state index in [1.807, 2.05) is 11.3 Å². The Balaban J connectivity index is 1.63. The summed E-state index contributed by atoms with van der Waals surface area (Å²) >= 11 is 1.86. The second-order valence-corrected chi connectivity index (χ2v) is 8.37. The molecule has 2 N–H and O–H groups in total. The standard InChI is InChI=1S/C20H33N7OS/c1-4-19-25-24-15-27(19)9-8-22-20(21-5-2)23-14-17(18-7-6-16(3)29-18)26-10-12-28-13-11-26/h6-7,15,17H,4-5,8-14H2,1-3H3,(H2,21,22,23). The zero-order chi connectivity index (χ0) is 20.5. The average Bonchev–Trinajstić information content (AvgIpc) is 3.37. The number of ether oxygens (including phenoxy) is 1. The molecule has 9 heteroatoms. The summed E-state index contributed by atoms with van der Waals surface area (Å²) in [6, 6.07) is 4.73. The number of aromatic nitrogens is 3. The first-order valence-corrected chi connectivity index (χ1v) is 11.3. The highest BCUT2D eigenvalue weighted by Crippen LogP contribution is 2.28. The van der Waals surface area contributed by atoms with Gasteiger partial charge in [0.2, 0.25) is 0 Å². The largest absolute Gasteiger partial charge is 0.379 e. The van der Waals surface area contributed by atoms with Gasteiger partial charge in [-0.25, -0.2) is 0 Å². The van der Waals surface area contributed by atoms with Crippen LogP contribution in [0.2, 0.25) is 0 Å². The van der Waals surface area contributed by atoms with Crippen LogP contribution >= 0.6 is 11.3 Å². The molecule has 0 radical (unpaired) electrons. The van der Waals surface area contributed by atoms with Gasteiger partial charge in [0, 0.05) is 48.9 Å². The summed E-state index contributed by atoms with van der Waals surface area (Å²) in [5.41, 5.74) is 0. The van der Waals surface area contributed by atoms with Gasteiger partial charge in [0.1, 0.15) is 12.2 Å². The van der Waals surface area contributed by atoms with E-state index >= 15 is 0 Å². The van der Waals surface area contributed by atoms with Gasteiger partial charge in [-0.1, -0.05) is 6.92 Å². The van der Waals surface area contributed by atoms with Gasteiger partial charge in [-0.3, -0.25) is 9.89 Å². The summed E-state index contributed by atoms with van der Waals surface area (Å²) in [7, 11) is 0. The molecule has 1 aliphatic rings. The second-order valence-electron chi connectivity index (χ2n) is 7.05. The molecule has 29 heavy (non-hydrogen) atoms. The highest BCUT2D eigenvalue weighted by molar-refractivity contribution is 7.12. The molecular formula is C20H33N7OS. The van der Waals surface area contributed by atoms with Crippen molar-refractivity contribution < 1.29 is 4.74 Å². The molecule has 1 atom stereocenters. The number of aryl methyl sites for hydroxylation is 2. The van der Waals surface area contributed by atoms with E-state index in [4.69, 9.17) is 9.73 Å². The van der Waals surface area contributed by atoms with Crippen LogP contribution in [-0.2, 0) is 17.7 Å². The van der Waals surface area contributed by atoms with Crippen LogP contribution in [0.1, 0.15) is 35.5 Å². The van der Waals surface area contributed by atoms with Gasteiger partial charge in [-0.15, -0.1) is 21.5 Å².